The maximum atomic E-state index is 4.86. The Kier molecular flexibility index (Phi) is 2.94. The maximum Gasteiger partial charge on any atom is 0.0657 e. The Labute approximate surface area is 101 Å². The van der Waals surface area contributed by atoms with E-state index in [0.717, 1.165) is 19.5 Å². The Bertz CT molecular complexity index is 380. The third-order valence-corrected chi connectivity index (χ3v) is 4.78. The molecule has 1 atom stereocenters. The number of hydrogen-bond acceptors (Lipinski definition) is 3. The molecule has 3 heterocycles. The Hall–Kier alpha value is -0.480. The minimum absolute atomic E-state index is 0.652. The van der Waals surface area contributed by atoms with Crippen LogP contribution in [0.4, 0.5) is 0 Å². The summed E-state index contributed by atoms with van der Waals surface area (Å²) < 4.78 is 2.33. The second-order valence-electron chi connectivity index (χ2n) is 4.61. The molecule has 1 fully saturated rings. The van der Waals surface area contributed by atoms with Gasteiger partial charge in [0, 0.05) is 12.3 Å². The number of fused-ring (bicyclic) bond motifs is 1. The molecule has 1 unspecified atom stereocenters. The summed E-state index contributed by atoms with van der Waals surface area (Å²) >= 11 is 2.06. The lowest BCUT2D eigenvalue weighted by Gasteiger charge is -2.18. The van der Waals surface area contributed by atoms with E-state index in [0.29, 0.717) is 6.04 Å². The Morgan fingerprint density at radius 2 is 2.50 bits per heavy atom. The van der Waals surface area contributed by atoms with Gasteiger partial charge in [0.15, 0.2) is 0 Å². The number of nitrogens with one attached hydrogen (secondary N) is 1. The van der Waals surface area contributed by atoms with Crippen LogP contribution in [-0.2, 0) is 19.4 Å². The maximum absolute atomic E-state index is 4.86. The quantitative estimate of drug-likeness (QED) is 0.850. The highest BCUT2D eigenvalue weighted by atomic mass is 32.2. The van der Waals surface area contributed by atoms with Gasteiger partial charge in [-0.05, 0) is 37.1 Å². The first-order chi connectivity index (χ1) is 7.90. The minimum atomic E-state index is 0.652. The fourth-order valence-electron chi connectivity index (χ4n) is 2.75. The second kappa shape index (κ2) is 4.41. The lowest BCUT2D eigenvalue weighted by atomic mass is 10.0. The lowest BCUT2D eigenvalue weighted by Crippen LogP contribution is -2.26. The third kappa shape index (κ3) is 1.68. The average molecular weight is 237 g/mol. The summed E-state index contributed by atoms with van der Waals surface area (Å²) in [6.07, 6.45) is 3.54. The van der Waals surface area contributed by atoms with Crippen LogP contribution in [0.25, 0.3) is 0 Å². The van der Waals surface area contributed by atoms with Crippen molar-refractivity contribution in [3.8, 4) is 0 Å². The van der Waals surface area contributed by atoms with Crippen molar-refractivity contribution in [2.45, 2.75) is 38.8 Å². The zero-order valence-corrected chi connectivity index (χ0v) is 10.6. The van der Waals surface area contributed by atoms with Gasteiger partial charge in [0.1, 0.15) is 0 Å². The summed E-state index contributed by atoms with van der Waals surface area (Å²) in [4.78, 5) is 0. The van der Waals surface area contributed by atoms with Gasteiger partial charge in [-0.3, -0.25) is 4.68 Å². The molecule has 4 heteroatoms. The molecule has 1 saturated heterocycles. The van der Waals surface area contributed by atoms with Gasteiger partial charge in [-0.15, -0.1) is 0 Å². The number of aromatic nitrogens is 2. The van der Waals surface area contributed by atoms with Crippen LogP contribution in [-0.4, -0.2) is 27.8 Å². The van der Waals surface area contributed by atoms with Crippen LogP contribution in [0, 0.1) is 0 Å². The van der Waals surface area contributed by atoms with Crippen LogP contribution < -0.4 is 5.32 Å². The summed E-state index contributed by atoms with van der Waals surface area (Å²) in [5.74, 6) is 2.55. The van der Waals surface area contributed by atoms with E-state index < -0.39 is 0 Å². The summed E-state index contributed by atoms with van der Waals surface area (Å²) in [7, 11) is 0. The van der Waals surface area contributed by atoms with E-state index in [4.69, 9.17) is 5.10 Å². The van der Waals surface area contributed by atoms with Crippen LogP contribution in [0.1, 0.15) is 36.3 Å². The molecule has 0 aliphatic carbocycles. The van der Waals surface area contributed by atoms with Gasteiger partial charge in [-0.25, -0.2) is 0 Å². The SMILES string of the molecule is CCc1nn(C2CCSC2)c2c1CCNC2. The number of hydrogen-bond donors (Lipinski definition) is 1. The van der Waals surface area contributed by atoms with Crippen LogP contribution in [0.3, 0.4) is 0 Å². The second-order valence-corrected chi connectivity index (χ2v) is 5.76. The Balaban J connectivity index is 2.00. The van der Waals surface area contributed by atoms with E-state index in [1.54, 1.807) is 0 Å². The van der Waals surface area contributed by atoms with Crippen molar-refractivity contribution < 1.29 is 0 Å². The van der Waals surface area contributed by atoms with E-state index in [1.165, 1.54) is 41.3 Å². The van der Waals surface area contributed by atoms with Gasteiger partial charge >= 0.3 is 0 Å². The van der Waals surface area contributed by atoms with E-state index in [-0.39, 0.29) is 0 Å². The first kappa shape index (κ1) is 10.7. The molecule has 1 aromatic rings. The molecule has 16 heavy (non-hydrogen) atoms. The first-order valence-electron chi connectivity index (χ1n) is 6.27. The molecular formula is C12H19N3S. The van der Waals surface area contributed by atoms with E-state index >= 15 is 0 Å². The summed E-state index contributed by atoms with van der Waals surface area (Å²) in [6.45, 7) is 4.35. The van der Waals surface area contributed by atoms with Crippen molar-refractivity contribution in [1.82, 2.24) is 15.1 Å². The monoisotopic (exact) mass is 237 g/mol. The molecule has 0 aromatic carbocycles. The standard InChI is InChI=1S/C12H19N3S/c1-2-11-10-3-5-13-7-12(10)15(14-11)9-4-6-16-8-9/h9,13H,2-8H2,1H3. The molecule has 0 bridgehead atoms. The molecule has 0 radical (unpaired) electrons. The predicted octanol–water partition coefficient (Wildman–Crippen LogP) is 1.77. The highest BCUT2D eigenvalue weighted by Gasteiger charge is 2.26. The molecule has 2 aliphatic rings. The lowest BCUT2D eigenvalue weighted by molar-refractivity contribution is 0.462. The molecule has 3 rings (SSSR count). The van der Waals surface area contributed by atoms with Crippen molar-refractivity contribution in [3.05, 3.63) is 17.0 Å². The summed E-state index contributed by atoms with van der Waals surface area (Å²) in [6, 6.07) is 0.652. The van der Waals surface area contributed by atoms with Crippen LogP contribution >= 0.6 is 11.8 Å². The van der Waals surface area contributed by atoms with Crippen molar-refractivity contribution in [2.24, 2.45) is 0 Å². The molecule has 0 saturated carbocycles. The number of thioether (sulfide) groups is 1. The molecule has 3 nitrogen and oxygen atoms in total. The van der Waals surface area contributed by atoms with Gasteiger partial charge in [-0.2, -0.15) is 16.9 Å². The predicted molar refractivity (Wildman–Crippen MR) is 68.0 cm³/mol. The number of rotatable bonds is 2. The zero-order valence-electron chi connectivity index (χ0n) is 9.83. The summed E-state index contributed by atoms with van der Waals surface area (Å²) in [5, 5.41) is 8.33. The van der Waals surface area contributed by atoms with Crippen molar-refractivity contribution >= 4 is 11.8 Å². The summed E-state index contributed by atoms with van der Waals surface area (Å²) in [5.41, 5.74) is 4.35. The number of nitrogens with zero attached hydrogens (tertiary/aromatic N) is 2. The fraction of sp³-hybridized carbons (Fsp3) is 0.750. The Morgan fingerprint density at radius 3 is 3.25 bits per heavy atom. The van der Waals surface area contributed by atoms with E-state index in [2.05, 4.69) is 28.7 Å². The van der Waals surface area contributed by atoms with Crippen molar-refractivity contribution in [1.29, 1.82) is 0 Å². The third-order valence-electron chi connectivity index (χ3n) is 3.63. The average Bonchev–Trinajstić information content (AvgIpc) is 2.95. The molecule has 1 aromatic heterocycles. The van der Waals surface area contributed by atoms with Crippen LogP contribution in [0.2, 0.25) is 0 Å². The van der Waals surface area contributed by atoms with Crippen LogP contribution in [0.5, 0.6) is 0 Å². The number of aryl methyl sites for hydroxylation is 1. The topological polar surface area (TPSA) is 29.9 Å². The van der Waals surface area contributed by atoms with Gasteiger partial charge in [0.2, 0.25) is 0 Å². The highest BCUT2D eigenvalue weighted by molar-refractivity contribution is 7.99. The van der Waals surface area contributed by atoms with Gasteiger partial charge in [-0.1, -0.05) is 6.92 Å². The first-order valence-corrected chi connectivity index (χ1v) is 7.43. The highest BCUT2D eigenvalue weighted by Crippen LogP contribution is 2.31. The molecule has 0 spiro atoms. The van der Waals surface area contributed by atoms with Gasteiger partial charge in [0.25, 0.3) is 0 Å². The molecular weight excluding hydrogens is 218 g/mol. The molecule has 2 aliphatic heterocycles. The minimum Gasteiger partial charge on any atom is -0.311 e. The van der Waals surface area contributed by atoms with Gasteiger partial charge < -0.3 is 5.32 Å². The van der Waals surface area contributed by atoms with E-state index in [1.807, 2.05) is 0 Å². The molecule has 1 N–H and O–H groups in total. The van der Waals surface area contributed by atoms with Crippen molar-refractivity contribution in [3.63, 3.8) is 0 Å². The van der Waals surface area contributed by atoms with Gasteiger partial charge in [0.05, 0.1) is 17.4 Å². The smallest absolute Gasteiger partial charge is 0.0657 e. The fourth-order valence-corrected chi connectivity index (χ4v) is 3.94. The largest absolute Gasteiger partial charge is 0.311 e. The van der Waals surface area contributed by atoms with Crippen LogP contribution in [0.15, 0.2) is 0 Å². The van der Waals surface area contributed by atoms with Crippen molar-refractivity contribution in [2.75, 3.05) is 18.1 Å². The van der Waals surface area contributed by atoms with E-state index in [9.17, 15) is 0 Å². The normalized spacial score (nSPS) is 24.7. The zero-order chi connectivity index (χ0) is 11.0. The molecule has 88 valence electrons. The molecule has 0 amide bonds. The Morgan fingerprint density at radius 1 is 1.56 bits per heavy atom.